The van der Waals surface area contributed by atoms with Crippen LogP contribution in [0.1, 0.15) is 32.3 Å². The highest BCUT2D eigenvalue weighted by Gasteiger charge is 2.14. The van der Waals surface area contributed by atoms with Gasteiger partial charge in [-0.15, -0.1) is 0 Å². The summed E-state index contributed by atoms with van der Waals surface area (Å²) in [7, 11) is 0. The largest absolute Gasteiger partial charge is 0.487 e. The summed E-state index contributed by atoms with van der Waals surface area (Å²) < 4.78 is 5.73. The number of anilines is 1. The van der Waals surface area contributed by atoms with Gasteiger partial charge in [0.15, 0.2) is 0 Å². The number of nitrogens with one attached hydrogen (secondary N) is 1. The highest BCUT2D eigenvalue weighted by molar-refractivity contribution is 5.59. The van der Waals surface area contributed by atoms with Crippen LogP contribution >= 0.6 is 0 Å². The van der Waals surface area contributed by atoms with Crippen molar-refractivity contribution in [3.05, 3.63) is 23.8 Å². The lowest BCUT2D eigenvalue weighted by Gasteiger charge is -2.25. The third-order valence-electron chi connectivity index (χ3n) is 2.77. The molecule has 0 saturated heterocycles. The molecule has 0 saturated carbocycles. The number of rotatable bonds is 3. The third kappa shape index (κ3) is 2.44. The number of benzene rings is 1. The molecule has 1 aliphatic rings. The molecular formula is C13H19NO. The zero-order chi connectivity index (χ0) is 10.7. The summed E-state index contributed by atoms with van der Waals surface area (Å²) in [5.41, 5.74) is 2.56. The van der Waals surface area contributed by atoms with Crippen molar-refractivity contribution in [2.75, 3.05) is 11.9 Å². The third-order valence-corrected chi connectivity index (χ3v) is 2.77. The van der Waals surface area contributed by atoms with E-state index in [1.807, 2.05) is 0 Å². The highest BCUT2D eigenvalue weighted by atomic mass is 16.5. The lowest BCUT2D eigenvalue weighted by molar-refractivity contribution is 0.226. The number of ether oxygens (including phenoxy) is 1. The Bertz CT molecular complexity index is 335. The van der Waals surface area contributed by atoms with Gasteiger partial charge in [-0.2, -0.15) is 0 Å². The molecule has 0 radical (unpaired) electrons. The molecule has 2 rings (SSSR count). The smallest absolute Gasteiger partial charge is 0.142 e. The van der Waals surface area contributed by atoms with Gasteiger partial charge >= 0.3 is 0 Å². The van der Waals surface area contributed by atoms with Crippen molar-refractivity contribution in [3.8, 4) is 5.75 Å². The molecule has 0 amide bonds. The number of aryl methyl sites for hydroxylation is 1. The van der Waals surface area contributed by atoms with Gasteiger partial charge in [-0.3, -0.25) is 0 Å². The first kappa shape index (κ1) is 10.3. The zero-order valence-electron chi connectivity index (χ0n) is 9.55. The first-order chi connectivity index (χ1) is 7.29. The van der Waals surface area contributed by atoms with E-state index in [4.69, 9.17) is 4.74 Å². The van der Waals surface area contributed by atoms with Gasteiger partial charge in [-0.1, -0.05) is 19.4 Å². The van der Waals surface area contributed by atoms with Gasteiger partial charge in [0, 0.05) is 0 Å². The van der Waals surface area contributed by atoms with E-state index in [2.05, 4.69) is 37.4 Å². The van der Waals surface area contributed by atoms with Crippen LogP contribution in [0.3, 0.4) is 0 Å². The molecule has 15 heavy (non-hydrogen) atoms. The summed E-state index contributed by atoms with van der Waals surface area (Å²) in [5, 5.41) is 3.40. The molecule has 1 aromatic carbocycles. The summed E-state index contributed by atoms with van der Waals surface area (Å²) in [4.78, 5) is 0. The molecule has 0 fully saturated rings. The monoisotopic (exact) mass is 205 g/mol. The average Bonchev–Trinajstić information content (AvgIpc) is 2.26. The van der Waals surface area contributed by atoms with Crippen molar-refractivity contribution in [2.45, 2.75) is 39.2 Å². The van der Waals surface area contributed by atoms with Gasteiger partial charge in [0.1, 0.15) is 11.9 Å². The fourth-order valence-corrected chi connectivity index (χ4v) is 1.87. The molecular weight excluding hydrogens is 186 g/mol. The Hall–Kier alpha value is -1.18. The molecule has 0 spiro atoms. The van der Waals surface area contributed by atoms with Gasteiger partial charge in [-0.25, -0.2) is 0 Å². The average molecular weight is 205 g/mol. The molecule has 1 N–H and O–H groups in total. The Morgan fingerprint density at radius 1 is 1.47 bits per heavy atom. The minimum absolute atomic E-state index is 0.277. The first-order valence-corrected chi connectivity index (χ1v) is 5.83. The lowest BCUT2D eigenvalue weighted by atomic mass is 10.1. The Kier molecular flexibility index (Phi) is 3.14. The van der Waals surface area contributed by atoms with E-state index in [0.29, 0.717) is 0 Å². The summed E-state index contributed by atoms with van der Waals surface area (Å²) in [6.07, 6.45) is 3.95. The fourth-order valence-electron chi connectivity index (χ4n) is 1.87. The van der Waals surface area contributed by atoms with E-state index in [9.17, 15) is 0 Å². The van der Waals surface area contributed by atoms with Crippen LogP contribution in [0, 0.1) is 0 Å². The maximum Gasteiger partial charge on any atom is 0.142 e. The van der Waals surface area contributed by atoms with Crippen molar-refractivity contribution in [2.24, 2.45) is 0 Å². The van der Waals surface area contributed by atoms with Crippen LogP contribution in [-0.2, 0) is 6.42 Å². The van der Waals surface area contributed by atoms with Crippen LogP contribution < -0.4 is 10.1 Å². The Morgan fingerprint density at radius 3 is 3.13 bits per heavy atom. The minimum atomic E-state index is 0.277. The normalized spacial score (nSPS) is 18.9. The van der Waals surface area contributed by atoms with Crippen molar-refractivity contribution < 1.29 is 4.74 Å². The van der Waals surface area contributed by atoms with E-state index in [1.54, 1.807) is 0 Å². The fraction of sp³-hybridized carbons (Fsp3) is 0.538. The lowest BCUT2D eigenvalue weighted by Crippen LogP contribution is -2.27. The van der Waals surface area contributed by atoms with Gasteiger partial charge < -0.3 is 10.1 Å². The Morgan fingerprint density at radius 2 is 2.33 bits per heavy atom. The van der Waals surface area contributed by atoms with Crippen molar-refractivity contribution in [1.29, 1.82) is 0 Å². The van der Waals surface area contributed by atoms with Crippen molar-refractivity contribution in [1.82, 2.24) is 0 Å². The van der Waals surface area contributed by atoms with E-state index >= 15 is 0 Å². The van der Waals surface area contributed by atoms with Crippen molar-refractivity contribution in [3.63, 3.8) is 0 Å². The maximum atomic E-state index is 5.73. The molecule has 0 aliphatic carbocycles. The van der Waals surface area contributed by atoms with Gasteiger partial charge in [0.05, 0.1) is 12.2 Å². The quantitative estimate of drug-likeness (QED) is 0.818. The Balaban J connectivity index is 2.12. The molecule has 1 heterocycles. The molecule has 1 unspecified atom stereocenters. The molecule has 2 heteroatoms. The molecule has 1 aliphatic heterocycles. The van der Waals surface area contributed by atoms with E-state index in [-0.39, 0.29) is 6.10 Å². The number of fused-ring (bicyclic) bond motifs is 1. The van der Waals surface area contributed by atoms with Gasteiger partial charge in [0.2, 0.25) is 0 Å². The molecule has 2 nitrogen and oxygen atoms in total. The summed E-state index contributed by atoms with van der Waals surface area (Å²) in [5.74, 6) is 0.994. The SMILES string of the molecule is CCCCc1ccc2c(c1)NCC(C)O2. The van der Waals surface area contributed by atoms with E-state index in [0.717, 1.165) is 18.0 Å². The van der Waals surface area contributed by atoms with E-state index in [1.165, 1.54) is 24.8 Å². The van der Waals surface area contributed by atoms with E-state index < -0.39 is 0 Å². The molecule has 1 aromatic rings. The van der Waals surface area contributed by atoms with Crippen LogP contribution in [0.5, 0.6) is 5.75 Å². The number of hydrogen-bond acceptors (Lipinski definition) is 2. The van der Waals surface area contributed by atoms with Crippen LogP contribution in [0.4, 0.5) is 5.69 Å². The number of hydrogen-bond donors (Lipinski definition) is 1. The summed E-state index contributed by atoms with van der Waals surface area (Å²) >= 11 is 0. The van der Waals surface area contributed by atoms with Crippen LogP contribution in [0.15, 0.2) is 18.2 Å². The standard InChI is InChI=1S/C13H19NO/c1-3-4-5-11-6-7-13-12(8-11)14-9-10(2)15-13/h6-8,10,14H,3-5,9H2,1-2H3. The van der Waals surface area contributed by atoms with Crippen molar-refractivity contribution >= 4 is 5.69 Å². The molecule has 0 aromatic heterocycles. The second-order valence-electron chi connectivity index (χ2n) is 4.24. The molecule has 0 bridgehead atoms. The predicted molar refractivity (Wildman–Crippen MR) is 63.6 cm³/mol. The van der Waals surface area contributed by atoms with Crippen LogP contribution in [0.25, 0.3) is 0 Å². The zero-order valence-corrected chi connectivity index (χ0v) is 9.55. The minimum Gasteiger partial charge on any atom is -0.487 e. The maximum absolute atomic E-state index is 5.73. The topological polar surface area (TPSA) is 21.3 Å². The van der Waals surface area contributed by atoms with Crippen LogP contribution in [0.2, 0.25) is 0 Å². The predicted octanol–water partition coefficient (Wildman–Crippen LogP) is 3.22. The second kappa shape index (κ2) is 4.56. The van der Waals surface area contributed by atoms with Gasteiger partial charge in [0.25, 0.3) is 0 Å². The molecule has 1 atom stereocenters. The summed E-state index contributed by atoms with van der Waals surface area (Å²) in [6.45, 7) is 5.21. The Labute approximate surface area is 91.6 Å². The second-order valence-corrected chi connectivity index (χ2v) is 4.24. The molecule has 82 valence electrons. The summed E-state index contributed by atoms with van der Waals surface area (Å²) in [6, 6.07) is 6.48. The first-order valence-electron chi connectivity index (χ1n) is 5.83. The highest BCUT2D eigenvalue weighted by Crippen LogP contribution is 2.30. The number of unbranched alkanes of at least 4 members (excludes halogenated alkanes) is 1. The van der Waals surface area contributed by atoms with Gasteiger partial charge in [-0.05, 0) is 37.5 Å². The van der Waals surface area contributed by atoms with Crippen LogP contribution in [-0.4, -0.2) is 12.6 Å².